The van der Waals surface area contributed by atoms with Crippen LogP contribution < -0.4 is 5.32 Å². The van der Waals surface area contributed by atoms with Gasteiger partial charge in [-0.1, -0.05) is 19.9 Å². The van der Waals surface area contributed by atoms with E-state index in [1.165, 1.54) is 0 Å². The molecule has 0 radical (unpaired) electrons. The van der Waals surface area contributed by atoms with Crippen LogP contribution in [0, 0.1) is 0 Å². The predicted molar refractivity (Wildman–Crippen MR) is 84.4 cm³/mol. The van der Waals surface area contributed by atoms with E-state index in [-0.39, 0.29) is 11.3 Å². The SMILES string of the molecule is CC(C)NCC(C)S(=O)(=O)N(Cc1cccs1)C1CC1. The van der Waals surface area contributed by atoms with Gasteiger partial charge in [0.25, 0.3) is 0 Å². The van der Waals surface area contributed by atoms with Gasteiger partial charge in [0.2, 0.25) is 10.0 Å². The minimum absolute atomic E-state index is 0.212. The summed E-state index contributed by atoms with van der Waals surface area (Å²) in [5, 5.41) is 4.83. The van der Waals surface area contributed by atoms with Gasteiger partial charge in [0.15, 0.2) is 0 Å². The Hall–Kier alpha value is -0.430. The van der Waals surface area contributed by atoms with E-state index in [4.69, 9.17) is 0 Å². The van der Waals surface area contributed by atoms with Crippen molar-refractivity contribution in [1.29, 1.82) is 0 Å². The Morgan fingerprint density at radius 3 is 2.60 bits per heavy atom. The zero-order valence-corrected chi connectivity index (χ0v) is 14.0. The second-order valence-corrected chi connectivity index (χ2v) is 9.11. The molecule has 1 fully saturated rings. The number of rotatable bonds is 8. The highest BCUT2D eigenvalue weighted by atomic mass is 32.2. The maximum Gasteiger partial charge on any atom is 0.218 e. The zero-order valence-electron chi connectivity index (χ0n) is 12.4. The topological polar surface area (TPSA) is 49.4 Å². The van der Waals surface area contributed by atoms with E-state index >= 15 is 0 Å². The monoisotopic (exact) mass is 316 g/mol. The average molecular weight is 316 g/mol. The van der Waals surface area contributed by atoms with Crippen molar-refractivity contribution in [3.05, 3.63) is 22.4 Å². The molecule has 1 aromatic heterocycles. The van der Waals surface area contributed by atoms with Crippen LogP contribution in [0.4, 0.5) is 0 Å². The van der Waals surface area contributed by atoms with Gasteiger partial charge in [-0.3, -0.25) is 0 Å². The molecule has 0 spiro atoms. The van der Waals surface area contributed by atoms with Crippen molar-refractivity contribution in [3.8, 4) is 0 Å². The lowest BCUT2D eigenvalue weighted by Crippen LogP contribution is -2.43. The van der Waals surface area contributed by atoms with Gasteiger partial charge in [0.05, 0.1) is 5.25 Å². The standard InChI is InChI=1S/C14H24N2O2S2/c1-11(2)15-9-12(3)20(17,18)16(13-6-7-13)10-14-5-4-8-19-14/h4-5,8,11-13,15H,6-7,9-10H2,1-3H3. The predicted octanol–water partition coefficient (Wildman–Crippen LogP) is 2.43. The van der Waals surface area contributed by atoms with Crippen molar-refractivity contribution in [1.82, 2.24) is 9.62 Å². The first kappa shape index (κ1) is 15.9. The molecule has 0 aromatic carbocycles. The van der Waals surface area contributed by atoms with Crippen LogP contribution in [-0.4, -0.2) is 36.6 Å². The fourth-order valence-corrected chi connectivity index (χ4v) is 4.58. The number of nitrogens with zero attached hydrogens (tertiary/aromatic N) is 1. The van der Waals surface area contributed by atoms with Crippen molar-refractivity contribution >= 4 is 21.4 Å². The summed E-state index contributed by atoms with van der Waals surface area (Å²) in [6.45, 7) is 6.89. The zero-order chi connectivity index (χ0) is 14.8. The highest BCUT2D eigenvalue weighted by Crippen LogP contribution is 2.32. The molecule has 1 aromatic rings. The summed E-state index contributed by atoms with van der Waals surface area (Å²) in [7, 11) is -3.23. The summed E-state index contributed by atoms with van der Waals surface area (Å²) in [5.41, 5.74) is 0. The highest BCUT2D eigenvalue weighted by molar-refractivity contribution is 7.89. The van der Waals surface area contributed by atoms with Crippen molar-refractivity contribution in [2.45, 2.75) is 57.5 Å². The molecule has 0 bridgehead atoms. The maximum absolute atomic E-state index is 12.7. The van der Waals surface area contributed by atoms with Gasteiger partial charge in [-0.05, 0) is 31.2 Å². The lowest BCUT2D eigenvalue weighted by molar-refractivity contribution is 0.392. The maximum atomic E-state index is 12.7. The number of thiophene rings is 1. The lowest BCUT2D eigenvalue weighted by atomic mass is 10.3. The van der Waals surface area contributed by atoms with Gasteiger partial charge in [0, 0.05) is 30.1 Å². The third-order valence-electron chi connectivity index (χ3n) is 3.49. The molecule has 1 aliphatic rings. The minimum atomic E-state index is -3.23. The molecule has 2 rings (SSSR count). The second-order valence-electron chi connectivity index (χ2n) is 5.77. The van der Waals surface area contributed by atoms with Gasteiger partial charge in [-0.15, -0.1) is 11.3 Å². The first-order valence-electron chi connectivity index (χ1n) is 7.17. The number of nitrogens with one attached hydrogen (secondary N) is 1. The first-order chi connectivity index (χ1) is 9.41. The summed E-state index contributed by atoms with van der Waals surface area (Å²) in [6, 6.07) is 4.50. The van der Waals surface area contributed by atoms with Crippen LogP contribution in [-0.2, 0) is 16.6 Å². The van der Waals surface area contributed by atoms with Crippen molar-refractivity contribution in [3.63, 3.8) is 0 Å². The summed E-state index contributed by atoms with van der Waals surface area (Å²) in [4.78, 5) is 1.12. The first-order valence-corrected chi connectivity index (χ1v) is 9.56. The molecule has 1 heterocycles. The molecule has 20 heavy (non-hydrogen) atoms. The van der Waals surface area contributed by atoms with E-state index in [0.717, 1.165) is 17.7 Å². The molecule has 4 nitrogen and oxygen atoms in total. The van der Waals surface area contributed by atoms with Gasteiger partial charge in [-0.2, -0.15) is 4.31 Å². The molecule has 1 unspecified atom stereocenters. The fraction of sp³-hybridized carbons (Fsp3) is 0.714. The molecule has 1 aliphatic carbocycles. The Kier molecular flexibility index (Phi) is 5.23. The van der Waals surface area contributed by atoms with Crippen molar-refractivity contribution in [2.24, 2.45) is 0 Å². The molecule has 0 amide bonds. The molecule has 114 valence electrons. The molecule has 1 saturated carbocycles. The Morgan fingerprint density at radius 2 is 2.10 bits per heavy atom. The normalized spacial score (nSPS) is 17.9. The van der Waals surface area contributed by atoms with Crippen molar-refractivity contribution in [2.75, 3.05) is 6.54 Å². The highest BCUT2D eigenvalue weighted by Gasteiger charge is 2.39. The molecule has 0 aliphatic heterocycles. The van der Waals surface area contributed by atoms with E-state index in [1.54, 1.807) is 22.6 Å². The second kappa shape index (κ2) is 6.56. The number of sulfonamides is 1. The van der Waals surface area contributed by atoms with Gasteiger partial charge in [-0.25, -0.2) is 8.42 Å². The Morgan fingerprint density at radius 1 is 1.40 bits per heavy atom. The fourth-order valence-electron chi connectivity index (χ4n) is 2.08. The van der Waals surface area contributed by atoms with Crippen LogP contribution in [0.1, 0.15) is 38.5 Å². The van der Waals surface area contributed by atoms with E-state index < -0.39 is 10.0 Å². The van der Waals surface area contributed by atoms with Crippen LogP contribution in [0.2, 0.25) is 0 Å². The number of hydrogen-bond donors (Lipinski definition) is 1. The Labute approximate surface area is 126 Å². The molecule has 0 saturated heterocycles. The molecular weight excluding hydrogens is 292 g/mol. The van der Waals surface area contributed by atoms with E-state index in [9.17, 15) is 8.42 Å². The third-order valence-corrected chi connectivity index (χ3v) is 6.62. The minimum Gasteiger partial charge on any atom is -0.313 e. The van der Waals surface area contributed by atoms with Gasteiger partial charge >= 0.3 is 0 Å². The van der Waals surface area contributed by atoms with Gasteiger partial charge in [0.1, 0.15) is 0 Å². The largest absolute Gasteiger partial charge is 0.313 e. The van der Waals surface area contributed by atoms with E-state index in [0.29, 0.717) is 19.1 Å². The summed E-state index contributed by atoms with van der Waals surface area (Å²) in [6.07, 6.45) is 1.99. The van der Waals surface area contributed by atoms with E-state index in [1.807, 2.05) is 31.4 Å². The molecule has 1 atom stereocenters. The number of hydrogen-bond acceptors (Lipinski definition) is 4. The van der Waals surface area contributed by atoms with Gasteiger partial charge < -0.3 is 5.32 Å². The van der Waals surface area contributed by atoms with Crippen LogP contribution in [0.3, 0.4) is 0 Å². The van der Waals surface area contributed by atoms with Crippen LogP contribution in [0.15, 0.2) is 17.5 Å². The average Bonchev–Trinajstić information content (AvgIpc) is 3.09. The van der Waals surface area contributed by atoms with Crippen molar-refractivity contribution < 1.29 is 8.42 Å². The molecular formula is C14H24N2O2S2. The Balaban J connectivity index is 2.07. The molecule has 6 heteroatoms. The summed E-state index contributed by atoms with van der Waals surface area (Å²) in [5.74, 6) is 0. The summed E-state index contributed by atoms with van der Waals surface area (Å²) < 4.78 is 27.2. The molecule has 1 N–H and O–H groups in total. The smallest absolute Gasteiger partial charge is 0.218 e. The van der Waals surface area contributed by atoms with Crippen LogP contribution >= 0.6 is 11.3 Å². The Bertz CT molecular complexity index is 507. The van der Waals surface area contributed by atoms with E-state index in [2.05, 4.69) is 5.32 Å². The van der Waals surface area contributed by atoms with Crippen LogP contribution in [0.25, 0.3) is 0 Å². The van der Waals surface area contributed by atoms with Crippen LogP contribution in [0.5, 0.6) is 0 Å². The lowest BCUT2D eigenvalue weighted by Gasteiger charge is -2.26. The quantitative estimate of drug-likeness (QED) is 0.801. The third kappa shape index (κ3) is 4.04. The summed E-state index contributed by atoms with van der Waals surface area (Å²) >= 11 is 1.62.